The fourth-order valence-electron chi connectivity index (χ4n) is 1.58. The Morgan fingerprint density at radius 2 is 2.19 bits per heavy atom. The van der Waals surface area contributed by atoms with Crippen molar-refractivity contribution >= 4 is 17.7 Å². The Morgan fingerprint density at radius 3 is 2.81 bits per heavy atom. The largest absolute Gasteiger partial charge is 0.340 e. The van der Waals surface area contributed by atoms with Crippen LogP contribution in [0.2, 0.25) is 0 Å². The molecule has 4 nitrogen and oxygen atoms in total. The van der Waals surface area contributed by atoms with Crippen molar-refractivity contribution < 1.29 is 4.79 Å². The first kappa shape index (κ1) is 13.8. The van der Waals surface area contributed by atoms with Crippen LogP contribution in [0.4, 0.5) is 0 Å². The summed E-state index contributed by atoms with van der Waals surface area (Å²) in [5.74, 6) is 2.84. The highest BCUT2D eigenvalue weighted by Gasteiger charge is 2.15. The minimum absolute atomic E-state index is 0.300. The SMILES string of the molecule is CC(CN)CSCCC(=O)N1CCNCC1. The van der Waals surface area contributed by atoms with Gasteiger partial charge in [0.05, 0.1) is 0 Å². The number of hydrogen-bond acceptors (Lipinski definition) is 4. The summed E-state index contributed by atoms with van der Waals surface area (Å²) in [5, 5.41) is 3.25. The Labute approximate surface area is 102 Å². The smallest absolute Gasteiger partial charge is 0.223 e. The van der Waals surface area contributed by atoms with Crippen LogP contribution in [0, 0.1) is 5.92 Å². The first-order valence-electron chi connectivity index (χ1n) is 6.00. The number of nitrogens with zero attached hydrogens (tertiary/aromatic N) is 1. The molecule has 16 heavy (non-hydrogen) atoms. The lowest BCUT2D eigenvalue weighted by Gasteiger charge is -2.27. The van der Waals surface area contributed by atoms with Gasteiger partial charge in [-0.05, 0) is 18.2 Å². The zero-order valence-corrected chi connectivity index (χ0v) is 10.9. The Kier molecular flexibility index (Phi) is 6.84. The van der Waals surface area contributed by atoms with Gasteiger partial charge in [-0.1, -0.05) is 6.92 Å². The molecule has 0 saturated carbocycles. The van der Waals surface area contributed by atoms with Crippen LogP contribution in [0.1, 0.15) is 13.3 Å². The second-order valence-corrected chi connectivity index (χ2v) is 5.45. The Morgan fingerprint density at radius 1 is 1.50 bits per heavy atom. The molecule has 1 aliphatic heterocycles. The molecule has 94 valence electrons. The number of rotatable bonds is 6. The van der Waals surface area contributed by atoms with Crippen LogP contribution in [-0.4, -0.2) is 55.0 Å². The van der Waals surface area contributed by atoms with E-state index in [0.717, 1.165) is 44.2 Å². The summed E-state index contributed by atoms with van der Waals surface area (Å²) in [4.78, 5) is 13.7. The lowest BCUT2D eigenvalue weighted by atomic mass is 10.2. The zero-order chi connectivity index (χ0) is 11.8. The first-order valence-corrected chi connectivity index (χ1v) is 7.15. The van der Waals surface area contributed by atoms with Crippen molar-refractivity contribution in [3.8, 4) is 0 Å². The average molecular weight is 245 g/mol. The summed E-state index contributed by atoms with van der Waals surface area (Å²) in [6.45, 7) is 6.47. The molecule has 1 atom stereocenters. The van der Waals surface area contributed by atoms with E-state index in [1.807, 2.05) is 16.7 Å². The molecule has 0 aromatic heterocycles. The first-order chi connectivity index (χ1) is 7.74. The zero-order valence-electron chi connectivity index (χ0n) is 10.1. The number of carbonyl (C=O) groups is 1. The third-order valence-electron chi connectivity index (χ3n) is 2.73. The van der Waals surface area contributed by atoms with Gasteiger partial charge in [-0.2, -0.15) is 11.8 Å². The second-order valence-electron chi connectivity index (χ2n) is 4.30. The van der Waals surface area contributed by atoms with Gasteiger partial charge in [-0.3, -0.25) is 4.79 Å². The molecule has 1 aliphatic rings. The molecular weight excluding hydrogens is 222 g/mol. The van der Waals surface area contributed by atoms with Crippen molar-refractivity contribution in [3.63, 3.8) is 0 Å². The van der Waals surface area contributed by atoms with Gasteiger partial charge in [0.25, 0.3) is 0 Å². The van der Waals surface area contributed by atoms with E-state index < -0.39 is 0 Å². The lowest BCUT2D eigenvalue weighted by molar-refractivity contribution is -0.131. The molecule has 0 aromatic carbocycles. The van der Waals surface area contributed by atoms with E-state index in [0.29, 0.717) is 18.2 Å². The van der Waals surface area contributed by atoms with E-state index in [2.05, 4.69) is 12.2 Å². The Balaban J connectivity index is 2.05. The monoisotopic (exact) mass is 245 g/mol. The van der Waals surface area contributed by atoms with E-state index in [-0.39, 0.29) is 0 Å². The lowest BCUT2D eigenvalue weighted by Crippen LogP contribution is -2.46. The van der Waals surface area contributed by atoms with Crippen LogP contribution >= 0.6 is 11.8 Å². The predicted molar refractivity (Wildman–Crippen MR) is 69.6 cm³/mol. The standard InChI is InChI=1S/C11H23N3OS/c1-10(8-12)9-16-7-2-11(15)14-5-3-13-4-6-14/h10,13H,2-9,12H2,1H3. The van der Waals surface area contributed by atoms with Gasteiger partial charge in [0.2, 0.25) is 5.91 Å². The predicted octanol–water partition coefficient (Wildman–Crippen LogP) is 0.136. The highest BCUT2D eigenvalue weighted by atomic mass is 32.2. The number of hydrogen-bond donors (Lipinski definition) is 2. The van der Waals surface area contributed by atoms with Gasteiger partial charge in [0.1, 0.15) is 0 Å². The van der Waals surface area contributed by atoms with Crippen LogP contribution in [0.3, 0.4) is 0 Å². The van der Waals surface area contributed by atoms with Crippen molar-refractivity contribution in [2.24, 2.45) is 11.7 Å². The third-order valence-corrected chi connectivity index (χ3v) is 4.03. The molecule has 1 fully saturated rings. The maximum atomic E-state index is 11.8. The van der Waals surface area contributed by atoms with Gasteiger partial charge in [-0.15, -0.1) is 0 Å². The number of nitrogens with one attached hydrogen (secondary N) is 1. The minimum atomic E-state index is 0.300. The van der Waals surface area contributed by atoms with Crippen molar-refractivity contribution in [2.75, 3.05) is 44.2 Å². The molecule has 1 amide bonds. The summed E-state index contributed by atoms with van der Waals surface area (Å²) < 4.78 is 0. The summed E-state index contributed by atoms with van der Waals surface area (Å²) in [6.07, 6.45) is 0.669. The third kappa shape index (κ3) is 5.18. The Bertz CT molecular complexity index is 207. The molecule has 0 bridgehead atoms. The molecule has 5 heteroatoms. The number of thioether (sulfide) groups is 1. The molecule has 1 heterocycles. The van der Waals surface area contributed by atoms with Crippen LogP contribution in [-0.2, 0) is 4.79 Å². The van der Waals surface area contributed by atoms with Crippen molar-refractivity contribution in [3.05, 3.63) is 0 Å². The van der Waals surface area contributed by atoms with Gasteiger partial charge < -0.3 is 16.0 Å². The highest BCUT2D eigenvalue weighted by Crippen LogP contribution is 2.09. The van der Waals surface area contributed by atoms with Crippen LogP contribution in [0.5, 0.6) is 0 Å². The molecule has 3 N–H and O–H groups in total. The number of nitrogens with two attached hydrogens (primary N) is 1. The fourth-order valence-corrected chi connectivity index (χ4v) is 2.61. The van der Waals surface area contributed by atoms with Crippen molar-refractivity contribution in [1.29, 1.82) is 0 Å². The van der Waals surface area contributed by atoms with E-state index >= 15 is 0 Å². The Hall–Kier alpha value is -0.260. The second kappa shape index (κ2) is 7.92. The van der Waals surface area contributed by atoms with Gasteiger partial charge in [0, 0.05) is 38.4 Å². The molecule has 0 aliphatic carbocycles. The molecule has 1 saturated heterocycles. The minimum Gasteiger partial charge on any atom is -0.340 e. The summed E-state index contributed by atoms with van der Waals surface area (Å²) in [7, 11) is 0. The van der Waals surface area contributed by atoms with Crippen molar-refractivity contribution in [2.45, 2.75) is 13.3 Å². The normalized spacial score (nSPS) is 18.5. The number of carbonyl (C=O) groups excluding carboxylic acids is 1. The summed E-state index contributed by atoms with van der Waals surface area (Å²) >= 11 is 1.84. The molecule has 1 unspecified atom stereocenters. The van der Waals surface area contributed by atoms with E-state index in [4.69, 9.17) is 5.73 Å². The maximum Gasteiger partial charge on any atom is 0.223 e. The fraction of sp³-hybridized carbons (Fsp3) is 0.909. The summed E-state index contributed by atoms with van der Waals surface area (Å²) in [5.41, 5.74) is 5.54. The molecular formula is C11H23N3OS. The molecule has 0 spiro atoms. The van der Waals surface area contributed by atoms with Gasteiger partial charge >= 0.3 is 0 Å². The summed E-state index contributed by atoms with van der Waals surface area (Å²) in [6, 6.07) is 0. The van der Waals surface area contributed by atoms with Crippen LogP contribution in [0.25, 0.3) is 0 Å². The molecule has 1 rings (SSSR count). The quantitative estimate of drug-likeness (QED) is 0.653. The molecule has 0 radical (unpaired) electrons. The van der Waals surface area contributed by atoms with E-state index in [9.17, 15) is 4.79 Å². The maximum absolute atomic E-state index is 11.8. The van der Waals surface area contributed by atoms with Gasteiger partial charge in [-0.25, -0.2) is 0 Å². The van der Waals surface area contributed by atoms with Crippen molar-refractivity contribution in [1.82, 2.24) is 10.2 Å². The number of amides is 1. The van der Waals surface area contributed by atoms with Gasteiger partial charge in [0.15, 0.2) is 0 Å². The topological polar surface area (TPSA) is 58.4 Å². The van der Waals surface area contributed by atoms with Crippen LogP contribution < -0.4 is 11.1 Å². The molecule has 0 aromatic rings. The average Bonchev–Trinajstić information content (AvgIpc) is 2.35. The van der Waals surface area contributed by atoms with Crippen LogP contribution in [0.15, 0.2) is 0 Å². The highest BCUT2D eigenvalue weighted by molar-refractivity contribution is 7.99. The van der Waals surface area contributed by atoms with E-state index in [1.54, 1.807) is 0 Å². The van der Waals surface area contributed by atoms with E-state index in [1.165, 1.54) is 0 Å². The number of piperazine rings is 1.